The summed E-state index contributed by atoms with van der Waals surface area (Å²) in [6, 6.07) is 21.9. The molecule has 0 bridgehead atoms. The highest BCUT2D eigenvalue weighted by Crippen LogP contribution is 2.43. The first-order valence-electron chi connectivity index (χ1n) is 13.8. The highest BCUT2D eigenvalue weighted by molar-refractivity contribution is 7.93. The lowest BCUT2D eigenvalue weighted by Gasteiger charge is -2.36. The van der Waals surface area contributed by atoms with Gasteiger partial charge in [-0.25, -0.2) is 17.7 Å². The molecule has 0 radical (unpaired) electrons. The molecule has 1 N–H and O–H groups in total. The number of anilines is 4. The molecule has 1 fully saturated rings. The summed E-state index contributed by atoms with van der Waals surface area (Å²) in [6.07, 6.45) is 4.07. The maximum Gasteiger partial charge on any atom is 0.266 e. The van der Waals surface area contributed by atoms with Gasteiger partial charge in [0.1, 0.15) is 0 Å². The van der Waals surface area contributed by atoms with E-state index in [1.807, 2.05) is 56.3 Å². The fraction of sp³-hybridized carbons (Fsp3) is 0.355. The third-order valence-corrected chi connectivity index (χ3v) is 10.1. The maximum atomic E-state index is 14.1. The SMILES string of the molecule is CN(C)C1CCN(c2ccc(Nc3ncc4c(n3)N(S(=O)(=O)c3cccc5ccccc35)CC4(C)C)cc2)CC1. The summed E-state index contributed by atoms with van der Waals surface area (Å²) < 4.78 is 29.5. The van der Waals surface area contributed by atoms with E-state index in [4.69, 9.17) is 4.98 Å². The van der Waals surface area contributed by atoms with Crippen LogP contribution < -0.4 is 14.5 Å². The molecule has 1 saturated heterocycles. The van der Waals surface area contributed by atoms with Crippen LogP contribution in [-0.2, 0) is 15.4 Å². The van der Waals surface area contributed by atoms with Crippen molar-refractivity contribution in [3.8, 4) is 0 Å². The lowest BCUT2D eigenvalue weighted by atomic mass is 9.89. The van der Waals surface area contributed by atoms with E-state index in [1.54, 1.807) is 18.3 Å². The van der Waals surface area contributed by atoms with E-state index in [2.05, 4.69) is 46.3 Å². The van der Waals surface area contributed by atoms with Crippen LogP contribution in [0, 0.1) is 0 Å². The van der Waals surface area contributed by atoms with Crippen LogP contribution in [0.25, 0.3) is 10.8 Å². The zero-order valence-electron chi connectivity index (χ0n) is 23.5. The summed E-state index contributed by atoms with van der Waals surface area (Å²) in [5, 5.41) is 4.88. The average molecular weight is 557 g/mol. The molecule has 0 unspecified atom stereocenters. The van der Waals surface area contributed by atoms with Crippen molar-refractivity contribution in [1.29, 1.82) is 0 Å². The minimum absolute atomic E-state index is 0.285. The molecule has 0 atom stereocenters. The second-order valence-electron chi connectivity index (χ2n) is 11.7. The van der Waals surface area contributed by atoms with E-state index in [0.29, 0.717) is 29.7 Å². The number of piperidine rings is 1. The smallest absolute Gasteiger partial charge is 0.266 e. The molecule has 2 aliphatic rings. The van der Waals surface area contributed by atoms with Crippen molar-refractivity contribution in [3.05, 3.63) is 78.5 Å². The van der Waals surface area contributed by atoms with Crippen molar-refractivity contribution in [1.82, 2.24) is 14.9 Å². The van der Waals surface area contributed by atoms with Crippen molar-refractivity contribution < 1.29 is 8.42 Å². The van der Waals surface area contributed by atoms with Gasteiger partial charge in [-0.1, -0.05) is 50.2 Å². The molecule has 40 heavy (non-hydrogen) atoms. The highest BCUT2D eigenvalue weighted by atomic mass is 32.2. The third kappa shape index (κ3) is 4.77. The summed E-state index contributed by atoms with van der Waals surface area (Å²) in [5.41, 5.74) is 2.45. The Morgan fingerprint density at radius 3 is 2.38 bits per heavy atom. The Morgan fingerprint density at radius 2 is 1.65 bits per heavy atom. The van der Waals surface area contributed by atoms with E-state index in [1.165, 1.54) is 9.99 Å². The van der Waals surface area contributed by atoms with Crippen LogP contribution in [0.3, 0.4) is 0 Å². The number of hydrogen-bond donors (Lipinski definition) is 1. The molecule has 1 aromatic heterocycles. The largest absolute Gasteiger partial charge is 0.371 e. The van der Waals surface area contributed by atoms with E-state index >= 15 is 0 Å². The normalized spacial score (nSPS) is 17.4. The van der Waals surface area contributed by atoms with Crippen LogP contribution in [0.2, 0.25) is 0 Å². The number of aromatic nitrogens is 2. The van der Waals surface area contributed by atoms with Crippen molar-refractivity contribution >= 4 is 43.9 Å². The Hall–Kier alpha value is -3.69. The molecule has 208 valence electrons. The predicted octanol–water partition coefficient (Wildman–Crippen LogP) is 5.39. The van der Waals surface area contributed by atoms with E-state index < -0.39 is 15.4 Å². The summed E-state index contributed by atoms with van der Waals surface area (Å²) in [6.45, 7) is 6.44. The van der Waals surface area contributed by atoms with Crippen molar-refractivity contribution in [2.45, 2.75) is 43.0 Å². The van der Waals surface area contributed by atoms with Gasteiger partial charge in [0, 0.05) is 59.6 Å². The molecule has 0 spiro atoms. The van der Waals surface area contributed by atoms with Crippen LogP contribution >= 0.6 is 0 Å². The van der Waals surface area contributed by atoms with Gasteiger partial charge in [-0.15, -0.1) is 0 Å². The molecule has 0 saturated carbocycles. The Labute approximate surface area is 236 Å². The number of benzene rings is 3. The zero-order chi connectivity index (χ0) is 28.1. The van der Waals surface area contributed by atoms with Crippen molar-refractivity contribution in [2.75, 3.05) is 48.3 Å². The van der Waals surface area contributed by atoms with E-state index in [-0.39, 0.29) is 4.90 Å². The van der Waals surface area contributed by atoms with Gasteiger partial charge in [-0.05, 0) is 62.7 Å². The van der Waals surface area contributed by atoms with Crippen LogP contribution in [0.5, 0.6) is 0 Å². The second-order valence-corrected chi connectivity index (χ2v) is 13.5. The van der Waals surface area contributed by atoms with Gasteiger partial charge in [0.15, 0.2) is 5.82 Å². The van der Waals surface area contributed by atoms with E-state index in [0.717, 1.165) is 42.6 Å². The fourth-order valence-corrected chi connectivity index (χ4v) is 7.69. The molecule has 9 heteroatoms. The summed E-state index contributed by atoms with van der Waals surface area (Å²) in [5.74, 6) is 0.796. The molecule has 3 heterocycles. The Morgan fingerprint density at radius 1 is 0.950 bits per heavy atom. The summed E-state index contributed by atoms with van der Waals surface area (Å²) >= 11 is 0. The number of rotatable bonds is 6. The van der Waals surface area contributed by atoms with Gasteiger partial charge in [0.25, 0.3) is 10.0 Å². The monoisotopic (exact) mass is 556 g/mol. The number of hydrogen-bond acceptors (Lipinski definition) is 7. The molecule has 0 aliphatic carbocycles. The first-order chi connectivity index (χ1) is 19.1. The van der Waals surface area contributed by atoms with Crippen LogP contribution in [0.4, 0.5) is 23.1 Å². The number of fused-ring (bicyclic) bond motifs is 2. The standard InChI is InChI=1S/C31H36N6O2S/c1-31(2)21-37(40(38,39)28-11-7-9-22-8-5-6-10-26(22)28)29-27(31)20-32-30(34-29)33-23-12-14-25(15-13-23)36-18-16-24(17-19-36)35(3)4/h5-15,20,24H,16-19,21H2,1-4H3,(H,32,33,34). The average Bonchev–Trinajstić information content (AvgIpc) is 3.23. The van der Waals surface area contributed by atoms with E-state index in [9.17, 15) is 8.42 Å². The molecule has 6 rings (SSSR count). The molecular weight excluding hydrogens is 520 g/mol. The molecule has 4 aromatic rings. The topological polar surface area (TPSA) is 81.7 Å². The zero-order valence-corrected chi connectivity index (χ0v) is 24.3. The second kappa shape index (κ2) is 10.1. The lowest BCUT2D eigenvalue weighted by molar-refractivity contribution is 0.249. The Balaban J connectivity index is 1.26. The quantitative estimate of drug-likeness (QED) is 0.341. The minimum atomic E-state index is -3.86. The van der Waals surface area contributed by atoms with Gasteiger partial charge in [-0.3, -0.25) is 0 Å². The number of nitrogens with one attached hydrogen (secondary N) is 1. The van der Waals surface area contributed by atoms with Crippen molar-refractivity contribution in [2.24, 2.45) is 0 Å². The van der Waals surface area contributed by atoms with Crippen LogP contribution in [0.15, 0.2) is 77.8 Å². The van der Waals surface area contributed by atoms with Crippen molar-refractivity contribution in [3.63, 3.8) is 0 Å². The minimum Gasteiger partial charge on any atom is -0.371 e. The molecule has 3 aromatic carbocycles. The molecular formula is C31H36N6O2S. The Kier molecular flexibility index (Phi) is 6.67. The predicted molar refractivity (Wildman–Crippen MR) is 162 cm³/mol. The highest BCUT2D eigenvalue weighted by Gasteiger charge is 2.43. The number of nitrogens with zero attached hydrogens (tertiary/aromatic N) is 5. The lowest BCUT2D eigenvalue weighted by Crippen LogP contribution is -2.41. The van der Waals surface area contributed by atoms with Gasteiger partial charge in [0.2, 0.25) is 5.95 Å². The van der Waals surface area contributed by atoms with Gasteiger partial charge >= 0.3 is 0 Å². The van der Waals surface area contributed by atoms with Gasteiger partial charge in [-0.2, -0.15) is 4.98 Å². The fourth-order valence-electron chi connectivity index (χ4n) is 5.88. The first-order valence-corrected chi connectivity index (χ1v) is 15.2. The van der Waals surface area contributed by atoms with Crippen LogP contribution in [0.1, 0.15) is 32.3 Å². The Bertz CT molecular complexity index is 1640. The molecule has 8 nitrogen and oxygen atoms in total. The molecule has 2 aliphatic heterocycles. The third-order valence-electron chi connectivity index (χ3n) is 8.27. The first kappa shape index (κ1) is 26.5. The maximum absolute atomic E-state index is 14.1. The van der Waals surface area contributed by atoms with Crippen LogP contribution in [-0.4, -0.2) is 63.1 Å². The summed E-state index contributed by atoms with van der Waals surface area (Å²) in [7, 11) is 0.448. The van der Waals surface area contributed by atoms with Gasteiger partial charge in [0.05, 0.1) is 4.90 Å². The number of sulfonamides is 1. The van der Waals surface area contributed by atoms with Gasteiger partial charge < -0.3 is 15.1 Å². The summed E-state index contributed by atoms with van der Waals surface area (Å²) in [4.78, 5) is 14.3. The molecule has 0 amide bonds.